The van der Waals surface area contributed by atoms with Crippen molar-refractivity contribution in [3.8, 4) is 0 Å². The highest BCUT2D eigenvalue weighted by Gasteiger charge is 2.26. The number of nitrogens with zero attached hydrogens (tertiary/aromatic N) is 1. The van der Waals surface area contributed by atoms with Crippen LogP contribution in [0.4, 0.5) is 14.5 Å². The van der Waals surface area contributed by atoms with Gasteiger partial charge in [0.1, 0.15) is 11.4 Å². The molecule has 0 aliphatic heterocycles. The molecule has 1 amide bonds. The number of benzene rings is 1. The molecule has 6 nitrogen and oxygen atoms in total. The average Bonchev–Trinajstić information content (AvgIpc) is 2.28. The Morgan fingerprint density at radius 3 is 2.67 bits per heavy atom. The molecule has 0 saturated carbocycles. The fourth-order valence-electron chi connectivity index (χ4n) is 1.25. The van der Waals surface area contributed by atoms with Crippen molar-refractivity contribution in [1.82, 2.24) is 5.32 Å². The zero-order valence-electron chi connectivity index (χ0n) is 9.44. The quantitative estimate of drug-likeness (QED) is 0.621. The lowest BCUT2D eigenvalue weighted by Gasteiger charge is -2.12. The summed E-state index contributed by atoms with van der Waals surface area (Å²) in [6, 6.07) is 0.826. The van der Waals surface area contributed by atoms with Gasteiger partial charge in [-0.25, -0.2) is 4.39 Å². The number of halogens is 2. The van der Waals surface area contributed by atoms with Gasteiger partial charge in [-0.1, -0.05) is 0 Å². The van der Waals surface area contributed by atoms with E-state index in [1.54, 1.807) is 0 Å². The van der Waals surface area contributed by atoms with Gasteiger partial charge in [0.05, 0.1) is 4.92 Å². The molecule has 1 aromatic rings. The number of rotatable bonds is 4. The fraction of sp³-hybridized carbons (Fsp3) is 0.300. The molecule has 0 aliphatic carbocycles. The van der Waals surface area contributed by atoms with Crippen molar-refractivity contribution >= 4 is 11.6 Å². The summed E-state index contributed by atoms with van der Waals surface area (Å²) in [6.45, 7) is 1.61. The van der Waals surface area contributed by atoms with Crippen molar-refractivity contribution in [2.75, 3.05) is 6.54 Å². The summed E-state index contributed by atoms with van der Waals surface area (Å²) >= 11 is 0. The van der Waals surface area contributed by atoms with Crippen LogP contribution in [0.2, 0.25) is 0 Å². The Labute approximate surface area is 101 Å². The third kappa shape index (κ3) is 2.77. The van der Waals surface area contributed by atoms with Gasteiger partial charge < -0.3 is 11.1 Å². The Bertz CT molecular complexity index is 494. The number of carbonyl (C=O) groups is 1. The van der Waals surface area contributed by atoms with Crippen LogP contribution in [0.25, 0.3) is 0 Å². The highest BCUT2D eigenvalue weighted by Crippen LogP contribution is 2.22. The van der Waals surface area contributed by atoms with E-state index < -0.39 is 39.8 Å². The number of hydrogen-bond acceptors (Lipinski definition) is 4. The Morgan fingerprint density at radius 1 is 1.56 bits per heavy atom. The Morgan fingerprint density at radius 2 is 2.17 bits per heavy atom. The lowest BCUT2D eigenvalue weighted by atomic mass is 10.1. The zero-order chi connectivity index (χ0) is 13.9. The first-order chi connectivity index (χ1) is 8.38. The minimum absolute atomic E-state index is 0.0733. The standard InChI is InChI=1S/C10H11F2N3O3/c1-5(4-13)14-10(16)8-6(11)2-3-7(9(8)12)15(17)18/h2-3,5H,4,13H2,1H3,(H,14,16)/t5-/m1/s1. The maximum atomic E-state index is 13.6. The van der Waals surface area contributed by atoms with Crippen molar-refractivity contribution in [2.24, 2.45) is 5.73 Å². The molecule has 0 saturated heterocycles. The molecule has 1 atom stereocenters. The van der Waals surface area contributed by atoms with Crippen LogP contribution in [-0.4, -0.2) is 23.4 Å². The van der Waals surface area contributed by atoms with E-state index in [2.05, 4.69) is 5.32 Å². The SMILES string of the molecule is C[C@H](CN)NC(=O)c1c(F)ccc([N+](=O)[O-])c1F. The Kier molecular flexibility index (Phi) is 4.27. The predicted octanol–water partition coefficient (Wildman–Crippen LogP) is 0.950. The molecule has 0 radical (unpaired) electrons. The van der Waals surface area contributed by atoms with E-state index in [0.29, 0.717) is 12.1 Å². The van der Waals surface area contributed by atoms with E-state index in [1.165, 1.54) is 6.92 Å². The summed E-state index contributed by atoms with van der Waals surface area (Å²) < 4.78 is 27.0. The predicted molar refractivity (Wildman–Crippen MR) is 59.0 cm³/mol. The molecular formula is C10H11F2N3O3. The van der Waals surface area contributed by atoms with E-state index in [1.807, 2.05) is 0 Å². The molecule has 0 unspecified atom stereocenters. The van der Waals surface area contributed by atoms with Crippen LogP contribution < -0.4 is 11.1 Å². The molecule has 0 aliphatic rings. The highest BCUT2D eigenvalue weighted by atomic mass is 19.1. The number of nitro benzene ring substituents is 1. The number of nitrogens with one attached hydrogen (secondary N) is 1. The van der Waals surface area contributed by atoms with Gasteiger partial charge in [-0.3, -0.25) is 14.9 Å². The number of amides is 1. The molecule has 1 aromatic carbocycles. The molecule has 98 valence electrons. The molecule has 3 N–H and O–H groups in total. The van der Waals surface area contributed by atoms with Crippen LogP contribution in [0.1, 0.15) is 17.3 Å². The van der Waals surface area contributed by atoms with Crippen molar-refractivity contribution in [1.29, 1.82) is 0 Å². The van der Waals surface area contributed by atoms with Crippen LogP contribution in [0.15, 0.2) is 12.1 Å². The number of nitrogens with two attached hydrogens (primary N) is 1. The Balaban J connectivity index is 3.19. The number of hydrogen-bond donors (Lipinski definition) is 2. The highest BCUT2D eigenvalue weighted by molar-refractivity contribution is 5.95. The summed E-state index contributed by atoms with van der Waals surface area (Å²) in [5.41, 5.74) is 3.30. The molecule has 8 heteroatoms. The lowest BCUT2D eigenvalue weighted by Crippen LogP contribution is -2.38. The summed E-state index contributed by atoms with van der Waals surface area (Å²) in [5, 5.41) is 12.7. The molecule has 0 fully saturated rings. The molecule has 18 heavy (non-hydrogen) atoms. The maximum absolute atomic E-state index is 13.6. The average molecular weight is 259 g/mol. The first kappa shape index (κ1) is 14.0. The number of nitro groups is 1. The largest absolute Gasteiger partial charge is 0.348 e. The molecule has 0 aromatic heterocycles. The van der Waals surface area contributed by atoms with Crippen LogP contribution in [0.3, 0.4) is 0 Å². The van der Waals surface area contributed by atoms with Gasteiger partial charge >= 0.3 is 5.69 Å². The second-order valence-electron chi connectivity index (χ2n) is 3.62. The van der Waals surface area contributed by atoms with Crippen molar-refractivity contribution in [3.63, 3.8) is 0 Å². The summed E-state index contributed by atoms with van der Waals surface area (Å²) in [6.07, 6.45) is 0. The van der Waals surface area contributed by atoms with Gasteiger partial charge in [0.15, 0.2) is 0 Å². The van der Waals surface area contributed by atoms with Crippen molar-refractivity contribution in [2.45, 2.75) is 13.0 Å². The van der Waals surface area contributed by atoms with E-state index in [9.17, 15) is 23.7 Å². The molecule has 0 spiro atoms. The van der Waals surface area contributed by atoms with Crippen molar-refractivity contribution < 1.29 is 18.5 Å². The van der Waals surface area contributed by atoms with E-state index in [4.69, 9.17) is 5.73 Å². The molecular weight excluding hydrogens is 248 g/mol. The third-order valence-electron chi connectivity index (χ3n) is 2.23. The second kappa shape index (κ2) is 5.50. The summed E-state index contributed by atoms with van der Waals surface area (Å²) in [5.74, 6) is -3.74. The van der Waals surface area contributed by atoms with Crippen LogP contribution in [0.5, 0.6) is 0 Å². The van der Waals surface area contributed by atoms with Gasteiger partial charge in [0.25, 0.3) is 5.91 Å². The van der Waals surface area contributed by atoms with Crippen LogP contribution in [0, 0.1) is 21.7 Å². The van der Waals surface area contributed by atoms with Gasteiger partial charge in [-0.2, -0.15) is 4.39 Å². The molecule has 0 heterocycles. The Hall–Kier alpha value is -2.09. The van der Waals surface area contributed by atoms with Gasteiger partial charge in [-0.05, 0) is 13.0 Å². The van der Waals surface area contributed by atoms with Gasteiger partial charge in [0, 0.05) is 18.7 Å². The summed E-state index contributed by atoms with van der Waals surface area (Å²) in [7, 11) is 0. The smallest absolute Gasteiger partial charge is 0.305 e. The maximum Gasteiger partial charge on any atom is 0.305 e. The zero-order valence-corrected chi connectivity index (χ0v) is 9.44. The molecule has 0 bridgehead atoms. The number of carbonyl (C=O) groups excluding carboxylic acids is 1. The topological polar surface area (TPSA) is 98.3 Å². The fourth-order valence-corrected chi connectivity index (χ4v) is 1.25. The second-order valence-corrected chi connectivity index (χ2v) is 3.62. The monoisotopic (exact) mass is 259 g/mol. The lowest BCUT2D eigenvalue weighted by molar-refractivity contribution is -0.387. The van der Waals surface area contributed by atoms with Crippen LogP contribution >= 0.6 is 0 Å². The van der Waals surface area contributed by atoms with Gasteiger partial charge in [-0.15, -0.1) is 0 Å². The van der Waals surface area contributed by atoms with Crippen LogP contribution in [-0.2, 0) is 0 Å². The van der Waals surface area contributed by atoms with E-state index in [-0.39, 0.29) is 6.54 Å². The normalized spacial score (nSPS) is 12.0. The molecule has 1 rings (SSSR count). The third-order valence-corrected chi connectivity index (χ3v) is 2.23. The van der Waals surface area contributed by atoms with E-state index in [0.717, 1.165) is 0 Å². The van der Waals surface area contributed by atoms with Crippen molar-refractivity contribution in [3.05, 3.63) is 39.4 Å². The minimum atomic E-state index is -1.50. The first-order valence-electron chi connectivity index (χ1n) is 5.01. The minimum Gasteiger partial charge on any atom is -0.348 e. The first-order valence-corrected chi connectivity index (χ1v) is 5.01. The van der Waals surface area contributed by atoms with E-state index >= 15 is 0 Å². The summed E-state index contributed by atoms with van der Waals surface area (Å²) in [4.78, 5) is 21.0. The van der Waals surface area contributed by atoms with Gasteiger partial charge in [0.2, 0.25) is 5.82 Å².